The fraction of sp³-hybridized carbons (Fsp3) is 0.125. The van der Waals surface area contributed by atoms with Crippen molar-refractivity contribution >= 4 is 34.2 Å². The van der Waals surface area contributed by atoms with E-state index in [0.29, 0.717) is 5.69 Å². The smallest absolute Gasteiger partial charge is 0.335 e. The van der Waals surface area contributed by atoms with Crippen molar-refractivity contribution in [3.05, 3.63) is 29.3 Å². The van der Waals surface area contributed by atoms with Crippen LogP contribution in [-0.2, 0) is 4.43 Å². The second-order valence-electron chi connectivity index (χ2n) is 2.35. The lowest BCUT2D eigenvalue weighted by molar-refractivity contribution is 0.0697. The fourth-order valence-electron chi connectivity index (χ4n) is 0.855. The van der Waals surface area contributed by atoms with E-state index in [1.165, 1.54) is 6.07 Å². The number of nitrogen functional groups attached to an aromatic ring is 1. The van der Waals surface area contributed by atoms with Crippen molar-refractivity contribution in [2.45, 2.75) is 4.43 Å². The van der Waals surface area contributed by atoms with Crippen molar-refractivity contribution < 1.29 is 9.90 Å². The van der Waals surface area contributed by atoms with Gasteiger partial charge in [0.2, 0.25) is 0 Å². The van der Waals surface area contributed by atoms with E-state index in [4.69, 9.17) is 10.8 Å². The molecule has 0 atom stereocenters. The molecule has 1 aromatic rings. The molecule has 1 aromatic carbocycles. The number of carbonyl (C=O) groups is 1. The average molecular weight is 277 g/mol. The van der Waals surface area contributed by atoms with Crippen LogP contribution in [0.4, 0.5) is 5.69 Å². The Kier molecular flexibility index (Phi) is 2.91. The first-order valence-electron chi connectivity index (χ1n) is 3.33. The zero-order valence-electron chi connectivity index (χ0n) is 6.25. The summed E-state index contributed by atoms with van der Waals surface area (Å²) in [5.74, 6) is -0.916. The lowest BCUT2D eigenvalue weighted by Gasteiger charge is -2.02. The van der Waals surface area contributed by atoms with Gasteiger partial charge in [0.1, 0.15) is 0 Å². The van der Waals surface area contributed by atoms with E-state index in [2.05, 4.69) is 22.6 Å². The Morgan fingerprint density at radius 2 is 2.25 bits per heavy atom. The first-order chi connectivity index (χ1) is 5.65. The number of hydrogen-bond acceptors (Lipinski definition) is 2. The molecule has 0 aromatic heterocycles. The van der Waals surface area contributed by atoms with Gasteiger partial charge in [-0.25, -0.2) is 4.79 Å². The minimum Gasteiger partial charge on any atom is -0.478 e. The van der Waals surface area contributed by atoms with Crippen molar-refractivity contribution in [1.82, 2.24) is 0 Å². The molecule has 0 spiro atoms. The zero-order chi connectivity index (χ0) is 9.14. The predicted octanol–water partition coefficient (Wildman–Crippen LogP) is 1.90. The molecule has 0 amide bonds. The third-order valence-corrected chi connectivity index (χ3v) is 2.36. The number of hydrogen-bond donors (Lipinski definition) is 2. The minimum atomic E-state index is -0.916. The van der Waals surface area contributed by atoms with E-state index in [-0.39, 0.29) is 5.56 Å². The van der Waals surface area contributed by atoms with Gasteiger partial charge in [-0.05, 0) is 23.8 Å². The second kappa shape index (κ2) is 3.75. The minimum absolute atomic E-state index is 0.288. The van der Waals surface area contributed by atoms with Crippen LogP contribution in [0, 0.1) is 0 Å². The second-order valence-corrected chi connectivity index (χ2v) is 3.12. The van der Waals surface area contributed by atoms with Crippen LogP contribution in [0.1, 0.15) is 15.9 Å². The maximum atomic E-state index is 10.5. The number of alkyl halides is 1. The molecule has 0 saturated heterocycles. The summed E-state index contributed by atoms with van der Waals surface area (Å²) in [5.41, 5.74) is 7.41. The standard InChI is InChI=1S/C8H8INO2/c9-4-6-3-5(8(11)12)1-2-7(6)10/h1-3H,4,10H2,(H,11,12). The number of carboxylic acids is 1. The summed E-state index contributed by atoms with van der Waals surface area (Å²) in [6.07, 6.45) is 0. The van der Waals surface area contributed by atoms with Crippen LogP contribution in [0.5, 0.6) is 0 Å². The highest BCUT2D eigenvalue weighted by molar-refractivity contribution is 14.1. The third-order valence-electron chi connectivity index (χ3n) is 1.53. The molecular weight excluding hydrogens is 269 g/mol. The molecule has 0 bridgehead atoms. The molecule has 0 saturated carbocycles. The van der Waals surface area contributed by atoms with Gasteiger partial charge in [-0.3, -0.25) is 0 Å². The van der Waals surface area contributed by atoms with Crippen LogP contribution in [0.3, 0.4) is 0 Å². The van der Waals surface area contributed by atoms with Crippen LogP contribution in [-0.4, -0.2) is 11.1 Å². The van der Waals surface area contributed by atoms with Crippen molar-refractivity contribution in [2.75, 3.05) is 5.73 Å². The summed E-state index contributed by atoms with van der Waals surface area (Å²) in [4.78, 5) is 10.5. The summed E-state index contributed by atoms with van der Waals surface area (Å²) < 4.78 is 0.727. The first-order valence-corrected chi connectivity index (χ1v) is 4.85. The molecule has 3 N–H and O–H groups in total. The third kappa shape index (κ3) is 1.88. The fourth-order valence-corrected chi connectivity index (χ4v) is 1.52. The predicted molar refractivity (Wildman–Crippen MR) is 55.5 cm³/mol. The van der Waals surface area contributed by atoms with Crippen molar-refractivity contribution in [1.29, 1.82) is 0 Å². The molecule has 0 fully saturated rings. The molecule has 64 valence electrons. The quantitative estimate of drug-likeness (QED) is 0.493. The van der Waals surface area contributed by atoms with E-state index in [1.54, 1.807) is 12.1 Å². The number of aromatic carboxylic acids is 1. The van der Waals surface area contributed by atoms with Gasteiger partial charge in [-0.2, -0.15) is 0 Å². The van der Waals surface area contributed by atoms with Crippen LogP contribution >= 0.6 is 22.6 Å². The van der Waals surface area contributed by atoms with Gasteiger partial charge >= 0.3 is 5.97 Å². The highest BCUT2D eigenvalue weighted by atomic mass is 127. The Labute approximate surface area is 83.7 Å². The van der Waals surface area contributed by atoms with E-state index in [9.17, 15) is 4.79 Å². The number of halogens is 1. The number of nitrogens with two attached hydrogens (primary N) is 1. The largest absolute Gasteiger partial charge is 0.478 e. The molecule has 0 aliphatic rings. The molecule has 3 nitrogen and oxygen atoms in total. The molecule has 0 unspecified atom stereocenters. The van der Waals surface area contributed by atoms with E-state index >= 15 is 0 Å². The van der Waals surface area contributed by atoms with E-state index in [0.717, 1.165) is 9.99 Å². The van der Waals surface area contributed by atoms with Gasteiger partial charge in [0.15, 0.2) is 0 Å². The van der Waals surface area contributed by atoms with Crippen LogP contribution in [0.2, 0.25) is 0 Å². The molecular formula is C8H8INO2. The van der Waals surface area contributed by atoms with Gasteiger partial charge in [-0.1, -0.05) is 22.6 Å². The van der Waals surface area contributed by atoms with Crippen molar-refractivity contribution in [2.24, 2.45) is 0 Å². The van der Waals surface area contributed by atoms with Crippen molar-refractivity contribution in [3.63, 3.8) is 0 Å². The first kappa shape index (κ1) is 9.31. The van der Waals surface area contributed by atoms with E-state index < -0.39 is 5.97 Å². The Morgan fingerprint density at radius 1 is 1.58 bits per heavy atom. The zero-order valence-corrected chi connectivity index (χ0v) is 8.41. The molecule has 4 heteroatoms. The summed E-state index contributed by atoms with van der Waals surface area (Å²) in [5, 5.41) is 8.65. The Morgan fingerprint density at radius 3 is 2.75 bits per heavy atom. The monoisotopic (exact) mass is 277 g/mol. The van der Waals surface area contributed by atoms with E-state index in [1.807, 2.05) is 0 Å². The van der Waals surface area contributed by atoms with Crippen LogP contribution in [0.25, 0.3) is 0 Å². The van der Waals surface area contributed by atoms with Crippen molar-refractivity contribution in [3.8, 4) is 0 Å². The van der Waals surface area contributed by atoms with Gasteiger partial charge in [0.25, 0.3) is 0 Å². The van der Waals surface area contributed by atoms with Crippen LogP contribution in [0.15, 0.2) is 18.2 Å². The maximum Gasteiger partial charge on any atom is 0.335 e. The maximum absolute atomic E-state index is 10.5. The van der Waals surface area contributed by atoms with Crippen LogP contribution < -0.4 is 5.73 Å². The molecule has 0 heterocycles. The number of carboxylic acid groups (broad SMARTS) is 1. The lowest BCUT2D eigenvalue weighted by Crippen LogP contribution is -1.99. The molecule has 0 radical (unpaired) electrons. The Hall–Kier alpha value is -0.780. The number of benzene rings is 1. The summed E-state index contributed by atoms with van der Waals surface area (Å²) >= 11 is 2.15. The molecule has 0 aliphatic heterocycles. The van der Waals surface area contributed by atoms with Gasteiger partial charge < -0.3 is 10.8 Å². The molecule has 1 rings (SSSR count). The Balaban J connectivity index is 3.13. The summed E-state index contributed by atoms with van der Waals surface area (Å²) in [6.45, 7) is 0. The molecule has 12 heavy (non-hydrogen) atoms. The summed E-state index contributed by atoms with van der Waals surface area (Å²) in [6, 6.07) is 4.73. The number of rotatable bonds is 2. The topological polar surface area (TPSA) is 63.3 Å². The lowest BCUT2D eigenvalue weighted by atomic mass is 10.1. The highest BCUT2D eigenvalue weighted by Crippen LogP contribution is 2.17. The normalized spacial score (nSPS) is 9.75. The average Bonchev–Trinajstić information content (AvgIpc) is 2.05. The van der Waals surface area contributed by atoms with Gasteiger partial charge in [0, 0.05) is 10.1 Å². The van der Waals surface area contributed by atoms with Gasteiger partial charge in [-0.15, -0.1) is 0 Å². The SMILES string of the molecule is Nc1ccc(C(=O)O)cc1CI. The highest BCUT2D eigenvalue weighted by Gasteiger charge is 2.04. The number of anilines is 1. The summed E-state index contributed by atoms with van der Waals surface area (Å²) in [7, 11) is 0. The Bertz CT molecular complexity index is 312. The van der Waals surface area contributed by atoms with Gasteiger partial charge in [0.05, 0.1) is 5.56 Å². The molecule has 0 aliphatic carbocycles.